The maximum Gasteiger partial charge on any atom is 0.416 e. The first kappa shape index (κ1) is 14.1. The zero-order valence-corrected chi connectivity index (χ0v) is 11.3. The molecule has 1 aromatic carbocycles. The molecule has 6 heteroatoms. The molecule has 112 valence electrons. The fourth-order valence-electron chi connectivity index (χ4n) is 2.63. The van der Waals surface area contributed by atoms with E-state index < -0.39 is 11.7 Å². The van der Waals surface area contributed by atoms with Crippen molar-refractivity contribution >= 4 is 0 Å². The minimum Gasteiger partial charge on any atom is -0.381 e. The van der Waals surface area contributed by atoms with E-state index in [1.54, 1.807) is 12.3 Å². The molecule has 3 nitrogen and oxygen atoms in total. The third-order valence-corrected chi connectivity index (χ3v) is 3.70. The van der Waals surface area contributed by atoms with Gasteiger partial charge in [0, 0.05) is 37.2 Å². The Morgan fingerprint density at radius 2 is 1.95 bits per heavy atom. The quantitative estimate of drug-likeness (QED) is 0.840. The van der Waals surface area contributed by atoms with Gasteiger partial charge in [-0.2, -0.15) is 13.2 Å². The number of hydrogen-bond donors (Lipinski definition) is 0. The molecule has 0 aliphatic carbocycles. The number of hydrogen-bond acceptors (Lipinski definition) is 2. The summed E-state index contributed by atoms with van der Waals surface area (Å²) in [4.78, 5) is 4.24. The van der Waals surface area contributed by atoms with E-state index in [1.165, 1.54) is 6.07 Å². The maximum absolute atomic E-state index is 12.8. The fraction of sp³-hybridized carbons (Fsp3) is 0.400. The van der Waals surface area contributed by atoms with E-state index in [0.717, 1.165) is 25.0 Å². The Morgan fingerprint density at radius 3 is 2.67 bits per heavy atom. The maximum atomic E-state index is 12.8. The Balaban J connectivity index is 1.96. The molecule has 2 aromatic rings. The standard InChI is InChI=1S/C15H15F3N2O/c16-15(17,18)12-3-1-2-11(10-12)14-19-6-7-20(14)13-4-8-21-9-5-13/h1-3,6-7,10,13H,4-5,8-9H2. The van der Waals surface area contributed by atoms with E-state index >= 15 is 0 Å². The van der Waals surface area contributed by atoms with Crippen molar-refractivity contribution in [3.63, 3.8) is 0 Å². The van der Waals surface area contributed by atoms with Crippen molar-refractivity contribution in [1.29, 1.82) is 0 Å². The first-order valence-electron chi connectivity index (χ1n) is 6.84. The van der Waals surface area contributed by atoms with Crippen LogP contribution in [-0.2, 0) is 10.9 Å². The van der Waals surface area contributed by atoms with Gasteiger partial charge in [0.05, 0.1) is 5.56 Å². The molecule has 1 fully saturated rings. The molecule has 3 rings (SSSR count). The smallest absolute Gasteiger partial charge is 0.381 e. The summed E-state index contributed by atoms with van der Waals surface area (Å²) in [7, 11) is 0. The molecule has 1 aromatic heterocycles. The monoisotopic (exact) mass is 296 g/mol. The van der Waals surface area contributed by atoms with Gasteiger partial charge in [-0.15, -0.1) is 0 Å². The van der Waals surface area contributed by atoms with E-state index in [2.05, 4.69) is 4.98 Å². The number of benzene rings is 1. The van der Waals surface area contributed by atoms with Crippen LogP contribution in [0.2, 0.25) is 0 Å². The molecule has 0 N–H and O–H groups in total. The van der Waals surface area contributed by atoms with Crippen LogP contribution in [-0.4, -0.2) is 22.8 Å². The second kappa shape index (κ2) is 5.52. The Kier molecular flexibility index (Phi) is 3.71. The molecule has 0 atom stereocenters. The zero-order valence-electron chi connectivity index (χ0n) is 11.3. The van der Waals surface area contributed by atoms with Crippen molar-refractivity contribution in [2.24, 2.45) is 0 Å². The minimum absolute atomic E-state index is 0.228. The predicted molar refractivity (Wildman–Crippen MR) is 71.8 cm³/mol. The number of rotatable bonds is 2. The summed E-state index contributed by atoms with van der Waals surface area (Å²) in [5, 5.41) is 0. The molecule has 0 bridgehead atoms. The van der Waals surface area contributed by atoms with Crippen LogP contribution < -0.4 is 0 Å². The lowest BCUT2D eigenvalue weighted by Crippen LogP contribution is -2.19. The average Bonchev–Trinajstić information content (AvgIpc) is 2.97. The second-order valence-corrected chi connectivity index (χ2v) is 5.08. The van der Waals surface area contributed by atoms with Crippen molar-refractivity contribution in [1.82, 2.24) is 9.55 Å². The van der Waals surface area contributed by atoms with Crippen LogP contribution in [0, 0.1) is 0 Å². The molecule has 0 saturated carbocycles. The molecular formula is C15H15F3N2O. The molecule has 1 aliphatic heterocycles. The molecule has 0 radical (unpaired) electrons. The Bertz CT molecular complexity index is 615. The van der Waals surface area contributed by atoms with Gasteiger partial charge in [-0.1, -0.05) is 12.1 Å². The topological polar surface area (TPSA) is 27.1 Å². The van der Waals surface area contributed by atoms with Gasteiger partial charge in [-0.3, -0.25) is 0 Å². The van der Waals surface area contributed by atoms with Crippen LogP contribution in [0.5, 0.6) is 0 Å². The summed E-state index contributed by atoms with van der Waals surface area (Å²) in [6, 6.07) is 5.53. The normalized spacial score (nSPS) is 17.1. The van der Waals surface area contributed by atoms with Crippen LogP contribution in [0.15, 0.2) is 36.7 Å². The highest BCUT2D eigenvalue weighted by atomic mass is 19.4. The number of aromatic nitrogens is 2. The molecule has 0 amide bonds. The van der Waals surface area contributed by atoms with E-state index in [9.17, 15) is 13.2 Å². The average molecular weight is 296 g/mol. The lowest BCUT2D eigenvalue weighted by molar-refractivity contribution is -0.137. The van der Waals surface area contributed by atoms with Crippen molar-refractivity contribution < 1.29 is 17.9 Å². The lowest BCUT2D eigenvalue weighted by atomic mass is 10.1. The Morgan fingerprint density at radius 1 is 1.19 bits per heavy atom. The fourth-order valence-corrected chi connectivity index (χ4v) is 2.63. The van der Waals surface area contributed by atoms with Crippen molar-refractivity contribution in [3.05, 3.63) is 42.2 Å². The summed E-state index contributed by atoms with van der Waals surface area (Å²) in [6.45, 7) is 1.34. The molecule has 1 saturated heterocycles. The third kappa shape index (κ3) is 2.95. The van der Waals surface area contributed by atoms with E-state index in [0.29, 0.717) is 24.6 Å². The van der Waals surface area contributed by atoms with Gasteiger partial charge in [0.25, 0.3) is 0 Å². The highest BCUT2D eigenvalue weighted by molar-refractivity contribution is 5.57. The van der Waals surface area contributed by atoms with Gasteiger partial charge >= 0.3 is 6.18 Å². The molecule has 21 heavy (non-hydrogen) atoms. The van der Waals surface area contributed by atoms with Crippen molar-refractivity contribution in [2.45, 2.75) is 25.1 Å². The predicted octanol–water partition coefficient (Wildman–Crippen LogP) is 3.92. The second-order valence-electron chi connectivity index (χ2n) is 5.08. The van der Waals surface area contributed by atoms with Gasteiger partial charge in [-0.25, -0.2) is 4.98 Å². The largest absolute Gasteiger partial charge is 0.416 e. The van der Waals surface area contributed by atoms with Gasteiger partial charge in [-0.05, 0) is 25.0 Å². The molecule has 0 unspecified atom stereocenters. The van der Waals surface area contributed by atoms with Gasteiger partial charge in [0.1, 0.15) is 5.82 Å². The summed E-state index contributed by atoms with van der Waals surface area (Å²) in [5.41, 5.74) is -0.164. The van der Waals surface area contributed by atoms with Gasteiger partial charge in [0.15, 0.2) is 0 Å². The van der Waals surface area contributed by atoms with Crippen LogP contribution in [0.4, 0.5) is 13.2 Å². The highest BCUT2D eigenvalue weighted by Gasteiger charge is 2.31. The first-order chi connectivity index (χ1) is 10.1. The molecule has 1 aliphatic rings. The lowest BCUT2D eigenvalue weighted by Gasteiger charge is -2.25. The van der Waals surface area contributed by atoms with Gasteiger partial charge < -0.3 is 9.30 Å². The number of ether oxygens (including phenoxy) is 1. The number of halogens is 3. The van der Waals surface area contributed by atoms with E-state index in [4.69, 9.17) is 4.74 Å². The number of imidazole rings is 1. The zero-order chi connectivity index (χ0) is 14.9. The SMILES string of the molecule is FC(F)(F)c1cccc(-c2nccn2C2CCOCC2)c1. The van der Waals surface area contributed by atoms with Crippen molar-refractivity contribution in [3.8, 4) is 11.4 Å². The number of nitrogens with zero attached hydrogens (tertiary/aromatic N) is 2. The summed E-state index contributed by atoms with van der Waals surface area (Å²) in [6.07, 6.45) is 0.813. The first-order valence-corrected chi connectivity index (χ1v) is 6.84. The van der Waals surface area contributed by atoms with Crippen LogP contribution >= 0.6 is 0 Å². The Hall–Kier alpha value is -1.82. The molecule has 0 spiro atoms. The minimum atomic E-state index is -4.34. The van der Waals surface area contributed by atoms with Gasteiger partial charge in [0.2, 0.25) is 0 Å². The van der Waals surface area contributed by atoms with Crippen LogP contribution in [0.25, 0.3) is 11.4 Å². The van der Waals surface area contributed by atoms with Crippen molar-refractivity contribution in [2.75, 3.05) is 13.2 Å². The summed E-state index contributed by atoms with van der Waals surface area (Å²) < 4.78 is 45.7. The summed E-state index contributed by atoms with van der Waals surface area (Å²) in [5.74, 6) is 0.577. The van der Waals surface area contributed by atoms with Crippen LogP contribution in [0.1, 0.15) is 24.4 Å². The van der Waals surface area contributed by atoms with E-state index in [-0.39, 0.29) is 6.04 Å². The Labute approximate surface area is 120 Å². The highest BCUT2D eigenvalue weighted by Crippen LogP contribution is 2.33. The summed E-state index contributed by atoms with van der Waals surface area (Å²) >= 11 is 0. The van der Waals surface area contributed by atoms with E-state index in [1.807, 2.05) is 10.8 Å². The van der Waals surface area contributed by atoms with Crippen LogP contribution in [0.3, 0.4) is 0 Å². The number of alkyl halides is 3. The molecular weight excluding hydrogens is 281 g/mol. The molecule has 2 heterocycles. The third-order valence-electron chi connectivity index (χ3n) is 3.70.